The van der Waals surface area contributed by atoms with Crippen LogP contribution in [0.15, 0.2) is 30.5 Å². The second-order valence-corrected chi connectivity index (χ2v) is 5.74. The van der Waals surface area contributed by atoms with Crippen molar-refractivity contribution in [2.24, 2.45) is 0 Å². The summed E-state index contributed by atoms with van der Waals surface area (Å²) in [7, 11) is 1.97. The highest BCUT2D eigenvalue weighted by Gasteiger charge is 2.15. The standard InChI is InChI=1S/C17H24N4O/c1-20(12-13-22)17-15-4-2-5-16(14(15)6-8-19-17)21-10-3-7-18-9-11-21/h2,4-6,8,18,22H,3,7,9-13H2,1H3. The van der Waals surface area contributed by atoms with Crippen LogP contribution in [-0.4, -0.2) is 56.5 Å². The lowest BCUT2D eigenvalue weighted by molar-refractivity contribution is 0.304. The van der Waals surface area contributed by atoms with Crippen molar-refractivity contribution in [2.45, 2.75) is 6.42 Å². The third kappa shape index (κ3) is 3.00. The number of aliphatic hydroxyl groups is 1. The highest BCUT2D eigenvalue weighted by molar-refractivity contribution is 6.00. The van der Waals surface area contributed by atoms with Crippen LogP contribution >= 0.6 is 0 Å². The molecular weight excluding hydrogens is 276 g/mol. The Morgan fingerprint density at radius 1 is 1.23 bits per heavy atom. The van der Waals surface area contributed by atoms with Gasteiger partial charge in [0.25, 0.3) is 0 Å². The Balaban J connectivity index is 2.03. The molecule has 0 saturated carbocycles. The lowest BCUT2D eigenvalue weighted by Gasteiger charge is -2.25. The number of nitrogens with one attached hydrogen (secondary N) is 1. The first kappa shape index (κ1) is 15.1. The second kappa shape index (κ2) is 6.94. The number of aromatic nitrogens is 1. The van der Waals surface area contributed by atoms with E-state index in [1.165, 1.54) is 17.5 Å². The fraction of sp³-hybridized carbons (Fsp3) is 0.471. The van der Waals surface area contributed by atoms with Crippen molar-refractivity contribution >= 4 is 22.3 Å². The number of pyridine rings is 1. The number of anilines is 2. The Hall–Kier alpha value is -1.85. The first-order valence-corrected chi connectivity index (χ1v) is 7.96. The average molecular weight is 300 g/mol. The zero-order valence-electron chi connectivity index (χ0n) is 13.1. The van der Waals surface area contributed by atoms with Crippen LogP contribution in [0.5, 0.6) is 0 Å². The van der Waals surface area contributed by atoms with Crippen LogP contribution in [0, 0.1) is 0 Å². The second-order valence-electron chi connectivity index (χ2n) is 5.74. The Bertz CT molecular complexity index is 623. The molecule has 0 radical (unpaired) electrons. The number of benzene rings is 1. The molecule has 0 bridgehead atoms. The molecule has 1 aromatic carbocycles. The lowest BCUT2D eigenvalue weighted by Crippen LogP contribution is -2.28. The molecule has 0 atom stereocenters. The van der Waals surface area contributed by atoms with Gasteiger partial charge in [-0.2, -0.15) is 0 Å². The first-order valence-electron chi connectivity index (χ1n) is 7.96. The molecular formula is C17H24N4O. The summed E-state index contributed by atoms with van der Waals surface area (Å²) >= 11 is 0. The van der Waals surface area contributed by atoms with Gasteiger partial charge in [0, 0.05) is 55.9 Å². The molecule has 1 fully saturated rings. The molecule has 1 saturated heterocycles. The van der Waals surface area contributed by atoms with Crippen molar-refractivity contribution in [1.29, 1.82) is 0 Å². The van der Waals surface area contributed by atoms with Crippen LogP contribution in [0.4, 0.5) is 11.5 Å². The summed E-state index contributed by atoms with van der Waals surface area (Å²) in [4.78, 5) is 8.98. The fourth-order valence-electron chi connectivity index (χ4n) is 3.10. The summed E-state index contributed by atoms with van der Waals surface area (Å²) in [6.45, 7) is 4.95. The smallest absolute Gasteiger partial charge is 0.136 e. The van der Waals surface area contributed by atoms with Gasteiger partial charge in [-0.05, 0) is 25.1 Å². The number of aliphatic hydroxyl groups excluding tert-OH is 1. The van der Waals surface area contributed by atoms with Crippen LogP contribution < -0.4 is 15.1 Å². The van der Waals surface area contributed by atoms with Crippen LogP contribution in [0.1, 0.15) is 6.42 Å². The van der Waals surface area contributed by atoms with E-state index in [1.54, 1.807) is 0 Å². The summed E-state index contributed by atoms with van der Waals surface area (Å²) in [5, 5.41) is 15.0. The Morgan fingerprint density at radius 3 is 3.00 bits per heavy atom. The predicted molar refractivity (Wildman–Crippen MR) is 91.8 cm³/mol. The Kier molecular flexibility index (Phi) is 4.75. The minimum Gasteiger partial charge on any atom is -0.395 e. The van der Waals surface area contributed by atoms with Gasteiger partial charge in [-0.15, -0.1) is 0 Å². The minimum atomic E-state index is 0.131. The molecule has 5 heteroatoms. The van der Waals surface area contributed by atoms with Crippen molar-refractivity contribution in [3.63, 3.8) is 0 Å². The largest absolute Gasteiger partial charge is 0.395 e. The van der Waals surface area contributed by atoms with Crippen molar-refractivity contribution in [1.82, 2.24) is 10.3 Å². The molecule has 1 aliphatic rings. The normalized spacial score (nSPS) is 15.8. The highest BCUT2D eigenvalue weighted by Crippen LogP contribution is 2.31. The van der Waals surface area contributed by atoms with Gasteiger partial charge in [0.15, 0.2) is 0 Å². The molecule has 0 spiro atoms. The quantitative estimate of drug-likeness (QED) is 0.895. The number of hydrogen-bond acceptors (Lipinski definition) is 5. The molecule has 22 heavy (non-hydrogen) atoms. The van der Waals surface area contributed by atoms with Crippen molar-refractivity contribution in [2.75, 3.05) is 56.2 Å². The molecule has 2 N–H and O–H groups in total. The Morgan fingerprint density at radius 2 is 2.14 bits per heavy atom. The molecule has 0 unspecified atom stereocenters. The average Bonchev–Trinajstić information content (AvgIpc) is 2.83. The molecule has 5 nitrogen and oxygen atoms in total. The lowest BCUT2D eigenvalue weighted by atomic mass is 10.1. The maximum atomic E-state index is 9.18. The molecule has 1 aliphatic heterocycles. The van der Waals surface area contributed by atoms with Gasteiger partial charge >= 0.3 is 0 Å². The van der Waals surface area contributed by atoms with E-state index in [9.17, 15) is 5.11 Å². The monoisotopic (exact) mass is 300 g/mol. The topological polar surface area (TPSA) is 51.6 Å². The SMILES string of the molecule is CN(CCO)c1nccc2c(N3CCCNCC3)cccc12. The van der Waals surface area contributed by atoms with Gasteiger partial charge in [-0.3, -0.25) is 0 Å². The number of likely N-dealkylation sites (N-methyl/N-ethyl adjacent to an activating group) is 1. The van der Waals surface area contributed by atoms with Crippen molar-refractivity contribution in [3.05, 3.63) is 30.5 Å². The molecule has 0 aliphatic carbocycles. The molecule has 1 aromatic heterocycles. The van der Waals surface area contributed by atoms with Gasteiger partial charge in [0.2, 0.25) is 0 Å². The van der Waals surface area contributed by atoms with E-state index in [1.807, 2.05) is 18.1 Å². The molecule has 2 aromatic rings. The first-order chi connectivity index (χ1) is 10.8. The van der Waals surface area contributed by atoms with Crippen LogP contribution in [0.25, 0.3) is 10.8 Å². The molecule has 118 valence electrons. The highest BCUT2D eigenvalue weighted by atomic mass is 16.3. The maximum absolute atomic E-state index is 9.18. The van der Waals surface area contributed by atoms with Gasteiger partial charge < -0.3 is 20.2 Å². The molecule has 0 amide bonds. The molecule has 2 heterocycles. The number of rotatable bonds is 4. The van der Waals surface area contributed by atoms with Crippen LogP contribution in [0.2, 0.25) is 0 Å². The predicted octanol–water partition coefficient (Wildman–Crippen LogP) is 1.46. The van der Waals surface area contributed by atoms with Gasteiger partial charge in [0.1, 0.15) is 5.82 Å². The number of nitrogens with zero attached hydrogens (tertiary/aromatic N) is 3. The van der Waals surface area contributed by atoms with E-state index < -0.39 is 0 Å². The summed E-state index contributed by atoms with van der Waals surface area (Å²) in [5.74, 6) is 0.932. The summed E-state index contributed by atoms with van der Waals surface area (Å²) in [6, 6.07) is 8.52. The van der Waals surface area contributed by atoms with Crippen molar-refractivity contribution < 1.29 is 5.11 Å². The van der Waals surface area contributed by atoms with Crippen molar-refractivity contribution in [3.8, 4) is 0 Å². The minimum absolute atomic E-state index is 0.131. The number of hydrogen-bond donors (Lipinski definition) is 2. The van der Waals surface area contributed by atoms with Gasteiger partial charge in [-0.25, -0.2) is 4.98 Å². The molecule has 3 rings (SSSR count). The summed E-state index contributed by atoms with van der Waals surface area (Å²) in [6.07, 6.45) is 3.03. The van der Waals surface area contributed by atoms with Gasteiger partial charge in [0.05, 0.1) is 6.61 Å². The van der Waals surface area contributed by atoms with E-state index >= 15 is 0 Å². The zero-order valence-corrected chi connectivity index (χ0v) is 13.1. The van der Waals surface area contributed by atoms with Crippen LogP contribution in [0.3, 0.4) is 0 Å². The summed E-state index contributed by atoms with van der Waals surface area (Å²) < 4.78 is 0. The van der Waals surface area contributed by atoms with Gasteiger partial charge in [-0.1, -0.05) is 12.1 Å². The fourth-order valence-corrected chi connectivity index (χ4v) is 3.10. The van der Waals surface area contributed by atoms with E-state index in [2.05, 4.69) is 39.5 Å². The third-order valence-electron chi connectivity index (χ3n) is 4.24. The summed E-state index contributed by atoms with van der Waals surface area (Å²) in [5.41, 5.74) is 1.28. The van der Waals surface area contributed by atoms with E-state index in [4.69, 9.17) is 0 Å². The maximum Gasteiger partial charge on any atom is 0.136 e. The zero-order chi connectivity index (χ0) is 15.4. The van der Waals surface area contributed by atoms with E-state index in [-0.39, 0.29) is 6.61 Å². The Labute approximate surface area is 131 Å². The van der Waals surface area contributed by atoms with Crippen LogP contribution in [-0.2, 0) is 0 Å². The third-order valence-corrected chi connectivity index (χ3v) is 4.24. The van der Waals surface area contributed by atoms with E-state index in [0.29, 0.717) is 6.54 Å². The number of fused-ring (bicyclic) bond motifs is 1. The van der Waals surface area contributed by atoms with E-state index in [0.717, 1.165) is 37.4 Å².